The molecule has 1 N–H and O–H groups in total. The smallest absolute Gasteiger partial charge is 0.118 e. The summed E-state index contributed by atoms with van der Waals surface area (Å²) in [4.78, 5) is 2.81. The van der Waals surface area contributed by atoms with Crippen LogP contribution in [0.25, 0.3) is 10.4 Å². The Hall–Kier alpha value is -2.65. The van der Waals surface area contributed by atoms with E-state index < -0.39 is 0 Å². The summed E-state index contributed by atoms with van der Waals surface area (Å²) in [5.74, 6) is 0.832. The maximum atomic E-state index is 8.50. The Kier molecular flexibility index (Phi) is 4.26. The van der Waals surface area contributed by atoms with Crippen molar-refractivity contribution in [3.8, 4) is 5.75 Å². The van der Waals surface area contributed by atoms with Gasteiger partial charge in [-0.1, -0.05) is 35.4 Å². The number of anilines is 1. The van der Waals surface area contributed by atoms with Crippen molar-refractivity contribution in [1.82, 2.24) is 0 Å². The number of hydrogen-bond acceptors (Lipinski definition) is 3. The molecule has 0 heterocycles. The molecule has 5 heteroatoms. The first-order chi connectivity index (χ1) is 9.33. The van der Waals surface area contributed by atoms with E-state index in [0.29, 0.717) is 12.2 Å². The van der Waals surface area contributed by atoms with E-state index in [1.54, 1.807) is 13.2 Å². The molecule has 0 saturated heterocycles. The van der Waals surface area contributed by atoms with E-state index in [2.05, 4.69) is 15.3 Å². The molecule has 5 nitrogen and oxygen atoms in total. The summed E-state index contributed by atoms with van der Waals surface area (Å²) in [6.45, 7) is 0.655. The van der Waals surface area contributed by atoms with Crippen LogP contribution in [0, 0.1) is 0 Å². The zero-order valence-electron chi connectivity index (χ0n) is 10.6. The van der Waals surface area contributed by atoms with Crippen molar-refractivity contribution in [3.05, 3.63) is 64.5 Å². The molecular formula is C14H14N4O. The quantitative estimate of drug-likeness (QED) is 0.492. The second-order valence-electron chi connectivity index (χ2n) is 3.91. The summed E-state index contributed by atoms with van der Waals surface area (Å²) in [5.41, 5.74) is 11.0. The minimum absolute atomic E-state index is 0.596. The van der Waals surface area contributed by atoms with Gasteiger partial charge in [-0.3, -0.25) is 0 Å². The zero-order chi connectivity index (χ0) is 13.5. The summed E-state index contributed by atoms with van der Waals surface area (Å²) in [6, 6.07) is 15.2. The number of para-hydroxylation sites is 1. The second kappa shape index (κ2) is 6.33. The van der Waals surface area contributed by atoms with Crippen LogP contribution in [0.2, 0.25) is 0 Å². The number of hydrogen-bond donors (Lipinski definition) is 1. The molecule has 0 saturated carbocycles. The lowest BCUT2D eigenvalue weighted by Crippen LogP contribution is -1.99. The number of ether oxygens (including phenoxy) is 1. The molecule has 96 valence electrons. The number of methoxy groups -OCH3 is 1. The Bertz CT molecular complexity index is 589. The van der Waals surface area contributed by atoms with Crippen LogP contribution in [0.15, 0.2) is 53.6 Å². The standard InChI is InChI=1S/C14H14N4O/c1-19-12-8-6-11(7-9-12)10-16-13-4-2-3-5-14(13)17-18-15/h2-9,16H,10H2,1H3. The van der Waals surface area contributed by atoms with Crippen LogP contribution in [0.1, 0.15) is 5.56 Å². The molecular weight excluding hydrogens is 240 g/mol. The van der Waals surface area contributed by atoms with Gasteiger partial charge in [0, 0.05) is 17.1 Å². The Labute approximate surface area is 111 Å². The van der Waals surface area contributed by atoms with Crippen LogP contribution in [-0.4, -0.2) is 7.11 Å². The fourth-order valence-electron chi connectivity index (χ4n) is 1.70. The lowest BCUT2D eigenvalue weighted by molar-refractivity contribution is 0.414. The fraction of sp³-hybridized carbons (Fsp3) is 0.143. The SMILES string of the molecule is COc1ccc(CNc2ccccc2N=[N+]=[N-])cc1. The van der Waals surface area contributed by atoms with Crippen LogP contribution in [0.4, 0.5) is 11.4 Å². The predicted octanol–water partition coefficient (Wildman–Crippen LogP) is 4.25. The summed E-state index contributed by atoms with van der Waals surface area (Å²) in [6.07, 6.45) is 0. The number of benzene rings is 2. The monoisotopic (exact) mass is 254 g/mol. The molecule has 0 aromatic heterocycles. The van der Waals surface area contributed by atoms with Gasteiger partial charge in [0.05, 0.1) is 12.8 Å². The van der Waals surface area contributed by atoms with E-state index in [9.17, 15) is 0 Å². The van der Waals surface area contributed by atoms with Crippen LogP contribution < -0.4 is 10.1 Å². The number of nitrogens with zero attached hydrogens (tertiary/aromatic N) is 3. The first-order valence-electron chi connectivity index (χ1n) is 5.84. The maximum absolute atomic E-state index is 8.50. The van der Waals surface area contributed by atoms with Crippen molar-refractivity contribution >= 4 is 11.4 Å². The Morgan fingerprint density at radius 3 is 2.58 bits per heavy atom. The summed E-state index contributed by atoms with van der Waals surface area (Å²) < 4.78 is 5.11. The molecule has 2 rings (SSSR count). The Morgan fingerprint density at radius 1 is 1.16 bits per heavy atom. The van der Waals surface area contributed by atoms with E-state index in [1.165, 1.54) is 0 Å². The molecule has 2 aromatic rings. The molecule has 2 aromatic carbocycles. The minimum Gasteiger partial charge on any atom is -0.497 e. The van der Waals surface area contributed by atoms with E-state index >= 15 is 0 Å². The van der Waals surface area contributed by atoms with Gasteiger partial charge in [0.1, 0.15) is 5.75 Å². The second-order valence-corrected chi connectivity index (χ2v) is 3.91. The predicted molar refractivity (Wildman–Crippen MR) is 75.6 cm³/mol. The topological polar surface area (TPSA) is 70.0 Å². The van der Waals surface area contributed by atoms with E-state index in [0.717, 1.165) is 17.0 Å². The highest BCUT2D eigenvalue weighted by molar-refractivity contribution is 5.65. The van der Waals surface area contributed by atoms with Gasteiger partial charge in [0.2, 0.25) is 0 Å². The van der Waals surface area contributed by atoms with Gasteiger partial charge in [-0.25, -0.2) is 0 Å². The highest BCUT2D eigenvalue weighted by Gasteiger charge is 1.99. The first kappa shape index (κ1) is 12.8. The number of nitrogens with one attached hydrogen (secondary N) is 1. The molecule has 19 heavy (non-hydrogen) atoms. The molecule has 0 radical (unpaired) electrons. The van der Waals surface area contributed by atoms with Gasteiger partial charge in [0.25, 0.3) is 0 Å². The summed E-state index contributed by atoms with van der Waals surface area (Å²) in [7, 11) is 1.64. The lowest BCUT2D eigenvalue weighted by atomic mass is 10.2. The maximum Gasteiger partial charge on any atom is 0.118 e. The highest BCUT2D eigenvalue weighted by Crippen LogP contribution is 2.25. The van der Waals surface area contributed by atoms with Gasteiger partial charge in [-0.05, 0) is 29.3 Å². The van der Waals surface area contributed by atoms with Gasteiger partial charge < -0.3 is 10.1 Å². The van der Waals surface area contributed by atoms with E-state index in [-0.39, 0.29) is 0 Å². The number of rotatable bonds is 5. The highest BCUT2D eigenvalue weighted by atomic mass is 16.5. The largest absolute Gasteiger partial charge is 0.497 e. The minimum atomic E-state index is 0.596. The lowest BCUT2D eigenvalue weighted by Gasteiger charge is -2.09. The summed E-state index contributed by atoms with van der Waals surface area (Å²) in [5, 5.41) is 6.89. The van der Waals surface area contributed by atoms with Crippen molar-refractivity contribution in [2.45, 2.75) is 6.54 Å². The van der Waals surface area contributed by atoms with E-state index in [4.69, 9.17) is 10.3 Å². The zero-order valence-corrected chi connectivity index (χ0v) is 10.6. The van der Waals surface area contributed by atoms with Crippen molar-refractivity contribution < 1.29 is 4.74 Å². The van der Waals surface area contributed by atoms with Crippen LogP contribution in [0.3, 0.4) is 0 Å². The first-order valence-corrected chi connectivity index (χ1v) is 5.84. The van der Waals surface area contributed by atoms with Gasteiger partial charge >= 0.3 is 0 Å². The summed E-state index contributed by atoms with van der Waals surface area (Å²) >= 11 is 0. The molecule has 0 spiro atoms. The van der Waals surface area contributed by atoms with Gasteiger partial charge in [0.15, 0.2) is 0 Å². The van der Waals surface area contributed by atoms with Crippen molar-refractivity contribution in [3.63, 3.8) is 0 Å². The van der Waals surface area contributed by atoms with Crippen molar-refractivity contribution in [2.75, 3.05) is 12.4 Å². The molecule has 0 unspecified atom stereocenters. The van der Waals surface area contributed by atoms with Crippen molar-refractivity contribution in [1.29, 1.82) is 0 Å². The van der Waals surface area contributed by atoms with Gasteiger partial charge in [-0.15, -0.1) is 0 Å². The molecule has 0 fully saturated rings. The Morgan fingerprint density at radius 2 is 1.89 bits per heavy atom. The molecule has 0 aliphatic heterocycles. The normalized spacial score (nSPS) is 9.53. The number of azide groups is 1. The average molecular weight is 254 g/mol. The molecule has 0 amide bonds. The molecule has 0 aliphatic rings. The molecule has 0 bridgehead atoms. The molecule has 0 aliphatic carbocycles. The third kappa shape index (κ3) is 3.40. The average Bonchev–Trinajstić information content (AvgIpc) is 2.47. The van der Waals surface area contributed by atoms with Crippen LogP contribution in [-0.2, 0) is 6.54 Å². The Balaban J connectivity index is 2.07. The van der Waals surface area contributed by atoms with Gasteiger partial charge in [-0.2, -0.15) is 0 Å². The van der Waals surface area contributed by atoms with Crippen LogP contribution >= 0.6 is 0 Å². The third-order valence-electron chi connectivity index (χ3n) is 2.70. The van der Waals surface area contributed by atoms with E-state index in [1.807, 2.05) is 42.5 Å². The van der Waals surface area contributed by atoms with Crippen molar-refractivity contribution in [2.24, 2.45) is 5.11 Å². The third-order valence-corrected chi connectivity index (χ3v) is 2.70. The fourth-order valence-corrected chi connectivity index (χ4v) is 1.70. The molecule has 0 atom stereocenters. The van der Waals surface area contributed by atoms with Crippen LogP contribution in [0.5, 0.6) is 5.75 Å².